The molecular formula is C57H73N13O5S. The van der Waals surface area contributed by atoms with E-state index in [9.17, 15) is 24.6 Å². The second-order valence-corrected chi connectivity index (χ2v) is 24.2. The van der Waals surface area contributed by atoms with Crippen LogP contribution in [0.4, 0.5) is 22.2 Å². The van der Waals surface area contributed by atoms with Crippen LogP contribution in [-0.2, 0) is 16.1 Å². The van der Waals surface area contributed by atoms with Crippen molar-refractivity contribution in [1.82, 2.24) is 50.5 Å². The summed E-state index contributed by atoms with van der Waals surface area (Å²) in [4.78, 5) is 68.0. The highest BCUT2D eigenvalue weighted by molar-refractivity contribution is 7.13. The van der Waals surface area contributed by atoms with Gasteiger partial charge in [-0.05, 0) is 123 Å². The first-order valence-corrected chi connectivity index (χ1v) is 28.4. The number of rotatable bonds is 10. The van der Waals surface area contributed by atoms with E-state index in [1.807, 2.05) is 80.6 Å². The first kappa shape index (κ1) is 51.7. The maximum absolute atomic E-state index is 14.4. The number of amides is 4. The van der Waals surface area contributed by atoms with Gasteiger partial charge in [-0.15, -0.1) is 21.5 Å². The summed E-state index contributed by atoms with van der Waals surface area (Å²) in [6.45, 7) is 14.7. The second kappa shape index (κ2) is 21.5. The molecule has 76 heavy (non-hydrogen) atoms. The number of benzene rings is 2. The Morgan fingerprint density at radius 2 is 1.61 bits per heavy atom. The van der Waals surface area contributed by atoms with Crippen molar-refractivity contribution in [3.05, 3.63) is 89.3 Å². The summed E-state index contributed by atoms with van der Waals surface area (Å²) in [6, 6.07) is 16.1. The molecule has 4 amide bonds. The molecule has 11 rings (SSSR count). The molecular weight excluding hydrogens is 979 g/mol. The number of aryl methyl sites for hydroxylation is 1. The fourth-order valence-corrected chi connectivity index (χ4v) is 13.7. The number of aromatic hydroxyl groups is 1. The van der Waals surface area contributed by atoms with Crippen LogP contribution in [0, 0.1) is 17.8 Å². The number of carbonyl (C=O) groups excluding carboxylic acids is 3. The van der Waals surface area contributed by atoms with Crippen molar-refractivity contribution in [3.63, 3.8) is 0 Å². The smallest absolute Gasteiger partial charge is 0.318 e. The third kappa shape index (κ3) is 10.8. The van der Waals surface area contributed by atoms with Crippen LogP contribution in [0.1, 0.15) is 101 Å². The molecule has 19 heteroatoms. The number of fused-ring (bicyclic) bond motifs is 3. The highest BCUT2D eigenvalue weighted by atomic mass is 32.1. The molecule has 1 aliphatic carbocycles. The van der Waals surface area contributed by atoms with Gasteiger partial charge in [-0.3, -0.25) is 9.59 Å². The van der Waals surface area contributed by atoms with Crippen LogP contribution in [0.2, 0.25) is 0 Å². The fraction of sp³-hybridized carbons (Fsp3) is 0.544. The monoisotopic (exact) mass is 1050 g/mol. The quantitative estimate of drug-likeness (QED) is 0.0976. The van der Waals surface area contributed by atoms with Gasteiger partial charge < -0.3 is 50.7 Å². The van der Waals surface area contributed by atoms with Gasteiger partial charge in [0.1, 0.15) is 17.8 Å². The van der Waals surface area contributed by atoms with Crippen molar-refractivity contribution < 1.29 is 24.6 Å². The van der Waals surface area contributed by atoms with Crippen molar-refractivity contribution >= 4 is 46.6 Å². The molecule has 6 aliphatic rings. The van der Waals surface area contributed by atoms with E-state index in [2.05, 4.69) is 58.2 Å². The van der Waals surface area contributed by atoms with Crippen LogP contribution in [0.5, 0.6) is 5.75 Å². The van der Waals surface area contributed by atoms with Crippen LogP contribution in [-0.4, -0.2) is 157 Å². The second-order valence-electron chi connectivity index (χ2n) is 23.3. The summed E-state index contributed by atoms with van der Waals surface area (Å²) >= 11 is 1.59. The molecule has 5 aliphatic heterocycles. The molecule has 3 aromatic heterocycles. The Balaban J connectivity index is 0.619. The zero-order valence-electron chi connectivity index (χ0n) is 44.3. The predicted molar refractivity (Wildman–Crippen MR) is 294 cm³/mol. The summed E-state index contributed by atoms with van der Waals surface area (Å²) in [5.74, 6) is 1.51. The van der Waals surface area contributed by atoms with Gasteiger partial charge in [-0.1, -0.05) is 57.2 Å². The minimum absolute atomic E-state index is 0.0366. The van der Waals surface area contributed by atoms with Gasteiger partial charge in [-0.2, -0.15) is 0 Å². The van der Waals surface area contributed by atoms with Gasteiger partial charge in [0, 0.05) is 82.8 Å². The number of aromatic nitrogens is 5. The lowest BCUT2D eigenvalue weighted by Crippen LogP contribution is -2.60. The minimum Gasteiger partial charge on any atom is -0.507 e. The average molecular weight is 1050 g/mol. The molecule has 5 fully saturated rings. The van der Waals surface area contributed by atoms with Crippen molar-refractivity contribution in [3.8, 4) is 27.4 Å². The molecule has 2 aromatic carbocycles. The van der Waals surface area contributed by atoms with Crippen molar-refractivity contribution in [1.29, 1.82) is 0 Å². The standard InChI is InChI=1S/C57H73N13O5S/c1-36-49(76-35-62-36)39-11-9-37(10-12-39)29-59-52(73)47-27-43(71)34-70(47)53(74)50(56(2,3)4)63-55(75)67-23-19-57(20-24-67)17-13-41(14-18-57)66-21-15-38(16-22-66)40-30-60-54(61-31-40)68-25-26-69-42(33-68)32-58-51-46(69)28-45(64-65-51)44-7-5-6-8-48(44)72/h5-12,28,30-31,35,38,41-43,47,50,71-72H,13-27,29,32-34H2,1-4H3,(H,58,65)(H,59,73)(H,63,75)/t42-,43+,47-,50+/m0/s1. The molecule has 5 aromatic rings. The molecule has 402 valence electrons. The Labute approximate surface area is 449 Å². The number of thiazole rings is 1. The number of carbonyl (C=O) groups is 3. The number of phenols is 1. The number of urea groups is 1. The van der Waals surface area contributed by atoms with E-state index >= 15 is 0 Å². The van der Waals surface area contributed by atoms with E-state index in [0.717, 1.165) is 117 Å². The zero-order valence-corrected chi connectivity index (χ0v) is 45.1. The molecule has 0 unspecified atom stereocenters. The van der Waals surface area contributed by atoms with E-state index in [4.69, 9.17) is 9.97 Å². The van der Waals surface area contributed by atoms with Gasteiger partial charge in [-0.25, -0.2) is 19.7 Å². The Morgan fingerprint density at radius 3 is 2.30 bits per heavy atom. The molecule has 18 nitrogen and oxygen atoms in total. The van der Waals surface area contributed by atoms with Gasteiger partial charge in [0.15, 0.2) is 5.82 Å². The van der Waals surface area contributed by atoms with E-state index in [1.54, 1.807) is 23.5 Å². The molecule has 1 saturated carbocycles. The summed E-state index contributed by atoms with van der Waals surface area (Å²) in [7, 11) is 0. The number of hydrogen-bond acceptors (Lipinski definition) is 15. The number of piperazine rings is 1. The minimum atomic E-state index is -0.878. The summed E-state index contributed by atoms with van der Waals surface area (Å²) < 4.78 is 0. The lowest BCUT2D eigenvalue weighted by atomic mass is 9.66. The maximum atomic E-state index is 14.4. The highest BCUT2D eigenvalue weighted by Gasteiger charge is 2.46. The van der Waals surface area contributed by atoms with Gasteiger partial charge in [0.2, 0.25) is 17.8 Å². The largest absolute Gasteiger partial charge is 0.507 e. The number of nitrogens with zero attached hydrogens (tertiary/aromatic N) is 10. The van der Waals surface area contributed by atoms with Crippen molar-refractivity contribution in [2.24, 2.45) is 10.8 Å². The van der Waals surface area contributed by atoms with Gasteiger partial charge in [0.05, 0.1) is 39.6 Å². The van der Waals surface area contributed by atoms with Gasteiger partial charge in [0.25, 0.3) is 0 Å². The Morgan fingerprint density at radius 1 is 0.868 bits per heavy atom. The Bertz CT molecular complexity index is 2870. The normalized spacial score (nSPS) is 22.7. The first-order chi connectivity index (χ1) is 36.7. The Hall–Kier alpha value is -6.44. The van der Waals surface area contributed by atoms with Gasteiger partial charge >= 0.3 is 6.03 Å². The number of hydrogen-bond donors (Lipinski definition) is 5. The maximum Gasteiger partial charge on any atom is 0.318 e. The molecule has 0 bridgehead atoms. The number of anilines is 3. The SMILES string of the molecule is Cc1ncsc1-c1ccc(CNC(=O)[C@@H]2C[C@@H](O)CN2C(=O)[C@@H](NC(=O)N2CCC3(CCC(N4CCC(c5cnc(N6CCN7c8cc(-c9ccccc9O)nnc8NC[C@H]7C6)nc5)CC4)CC3)CC2)C(C)(C)C)cc1. The molecule has 4 atom stereocenters. The van der Waals surface area contributed by atoms with Crippen LogP contribution in [0.25, 0.3) is 21.7 Å². The molecule has 8 heterocycles. The zero-order chi connectivity index (χ0) is 52.7. The first-order valence-electron chi connectivity index (χ1n) is 27.5. The number of aliphatic hydroxyl groups is 1. The Kier molecular flexibility index (Phi) is 14.6. The number of likely N-dealkylation sites (tertiary alicyclic amines) is 3. The van der Waals surface area contributed by atoms with E-state index in [1.165, 1.54) is 23.3 Å². The number of β-amino-alcohol motifs (C(OH)–C–C–N with tert-alkyl or cyclic N) is 1. The van der Waals surface area contributed by atoms with Crippen molar-refractivity contribution in [2.45, 2.75) is 128 Å². The molecule has 5 N–H and O–H groups in total. The van der Waals surface area contributed by atoms with Crippen molar-refractivity contribution in [2.75, 3.05) is 74.0 Å². The van der Waals surface area contributed by atoms with E-state index < -0.39 is 23.6 Å². The fourth-order valence-electron chi connectivity index (χ4n) is 12.9. The van der Waals surface area contributed by atoms with Crippen LogP contribution < -0.4 is 25.8 Å². The third-order valence-electron chi connectivity index (χ3n) is 17.5. The number of phenolic OH excluding ortho intramolecular Hbond substituents is 1. The number of para-hydroxylation sites is 1. The van der Waals surface area contributed by atoms with E-state index in [0.29, 0.717) is 36.3 Å². The predicted octanol–water partition coefficient (Wildman–Crippen LogP) is 6.80. The van der Waals surface area contributed by atoms with Crippen LogP contribution in [0.3, 0.4) is 0 Å². The molecule has 0 radical (unpaired) electrons. The summed E-state index contributed by atoms with van der Waals surface area (Å²) in [5.41, 5.74) is 7.95. The lowest BCUT2D eigenvalue weighted by molar-refractivity contribution is -0.142. The lowest BCUT2D eigenvalue weighted by Gasteiger charge is -2.49. The topological polar surface area (TPSA) is 208 Å². The summed E-state index contributed by atoms with van der Waals surface area (Å²) in [6.07, 6.45) is 12.2. The van der Waals surface area contributed by atoms with Crippen LogP contribution in [0.15, 0.2) is 72.5 Å². The number of aliphatic hydroxyl groups excluding tert-OH is 1. The van der Waals surface area contributed by atoms with Crippen LogP contribution >= 0.6 is 11.3 Å². The average Bonchev–Trinajstić information content (AvgIpc) is 4.08. The molecule has 4 saturated heterocycles. The highest BCUT2D eigenvalue weighted by Crippen LogP contribution is 2.47. The number of piperidine rings is 2. The summed E-state index contributed by atoms with van der Waals surface area (Å²) in [5, 5.41) is 39.6. The number of nitrogens with one attached hydrogen (secondary N) is 3. The van der Waals surface area contributed by atoms with E-state index in [-0.39, 0.29) is 54.6 Å². The molecule has 1 spiro atoms. The third-order valence-corrected chi connectivity index (χ3v) is 18.5.